The van der Waals surface area contributed by atoms with Crippen molar-refractivity contribution in [2.75, 3.05) is 40.7 Å². The number of phenolic OH excluding ortho intramolecular Hbond substituents is 2. The number of benzene rings is 4. The lowest BCUT2D eigenvalue weighted by molar-refractivity contribution is -0.0429. The van der Waals surface area contributed by atoms with Gasteiger partial charge in [-0.3, -0.25) is 5.32 Å². The number of nitrogens with one attached hydrogen (secondary N) is 2. The minimum absolute atomic E-state index is 0.000608. The maximum Gasteiger partial charge on any atom is 0.161 e. The molecule has 2 heterocycles. The first kappa shape index (κ1) is 33.7. The van der Waals surface area contributed by atoms with Gasteiger partial charge < -0.3 is 44.4 Å². The van der Waals surface area contributed by atoms with E-state index in [-0.39, 0.29) is 43.3 Å². The van der Waals surface area contributed by atoms with Crippen molar-refractivity contribution >= 4 is 10.9 Å². The fourth-order valence-corrected chi connectivity index (χ4v) is 7.62. The average Bonchev–Trinajstić information content (AvgIpc) is 3.60. The number of aliphatic hydroxyl groups excluding tert-OH is 2. The molecule has 1 aliphatic carbocycles. The standard InChI is InChI=1S/C40H44N2O8/c1-41-22-49-37-20-31-32-17-26(15-23-5-8-33-24(14-23)9-10-42-33)30-19-28(45)6-7-29(30)38(32)35(48-13-12-44)21-34(31)50-40(37)27-16-25(4-3-11-43)39(46)36(18-27)47-2/h5-10,14,16,18-19,21,26,37,40-46H,3-4,11-13,15,17,20,22H2,1-2H3/t26-,37-,40-/m1/s1. The Morgan fingerprint density at radius 3 is 2.62 bits per heavy atom. The van der Waals surface area contributed by atoms with Gasteiger partial charge in [-0.25, -0.2) is 0 Å². The van der Waals surface area contributed by atoms with Crippen LogP contribution < -0.4 is 19.5 Å². The molecule has 3 atom stereocenters. The van der Waals surface area contributed by atoms with Gasteiger partial charge in [-0.15, -0.1) is 0 Å². The molecule has 2 aliphatic rings. The maximum absolute atomic E-state index is 10.9. The summed E-state index contributed by atoms with van der Waals surface area (Å²) in [5.74, 6) is 1.92. The summed E-state index contributed by atoms with van der Waals surface area (Å²) < 4.78 is 25.1. The minimum atomic E-state index is -0.543. The van der Waals surface area contributed by atoms with Crippen LogP contribution in [0.2, 0.25) is 0 Å². The van der Waals surface area contributed by atoms with Crippen LogP contribution in [0.15, 0.2) is 66.9 Å². The Balaban J connectivity index is 1.35. The zero-order chi connectivity index (χ0) is 34.8. The first-order valence-electron chi connectivity index (χ1n) is 17.2. The molecule has 7 rings (SSSR count). The third-order valence-electron chi connectivity index (χ3n) is 9.88. The smallest absolute Gasteiger partial charge is 0.161 e. The zero-order valence-corrected chi connectivity index (χ0v) is 28.4. The number of hydrogen-bond acceptors (Lipinski definition) is 9. The SMILES string of the molecule is CNCO[C@@H]1Cc2c(cc(OCCO)c3c2C[C@@H](Cc2ccc4[nH]ccc4c2)c2cc(O)ccc2-3)O[C@@H]1c1cc(CCCO)c(O)c(OC)c1. The Morgan fingerprint density at radius 2 is 1.82 bits per heavy atom. The summed E-state index contributed by atoms with van der Waals surface area (Å²) in [5.41, 5.74) is 8.84. The fraction of sp³-hybridized carbons (Fsp3) is 0.350. The molecule has 50 heavy (non-hydrogen) atoms. The third-order valence-corrected chi connectivity index (χ3v) is 9.88. The molecular formula is C40H44N2O8. The molecule has 0 radical (unpaired) electrons. The number of aromatic hydroxyl groups is 2. The van der Waals surface area contributed by atoms with Crippen LogP contribution in [0, 0.1) is 0 Å². The van der Waals surface area contributed by atoms with Gasteiger partial charge in [-0.1, -0.05) is 12.1 Å². The van der Waals surface area contributed by atoms with E-state index in [9.17, 15) is 20.4 Å². The second-order valence-corrected chi connectivity index (χ2v) is 13.1. The van der Waals surface area contributed by atoms with Crippen molar-refractivity contribution in [2.24, 2.45) is 0 Å². The van der Waals surface area contributed by atoms with Gasteiger partial charge in [0, 0.05) is 41.9 Å². The van der Waals surface area contributed by atoms with Crippen LogP contribution in [-0.4, -0.2) is 72.2 Å². The van der Waals surface area contributed by atoms with E-state index in [2.05, 4.69) is 34.6 Å². The lowest BCUT2D eigenvalue weighted by Gasteiger charge is -2.38. The summed E-state index contributed by atoms with van der Waals surface area (Å²) in [5, 5.41) is 45.1. The second kappa shape index (κ2) is 14.6. The van der Waals surface area contributed by atoms with Gasteiger partial charge in [0.05, 0.1) is 20.4 Å². The number of phenols is 2. The van der Waals surface area contributed by atoms with Crippen molar-refractivity contribution in [3.8, 4) is 39.9 Å². The number of aromatic nitrogens is 1. The van der Waals surface area contributed by atoms with Gasteiger partial charge in [0.15, 0.2) is 17.6 Å². The molecule has 5 aromatic rings. The highest BCUT2D eigenvalue weighted by atomic mass is 16.6. The topological polar surface area (TPSA) is 146 Å². The number of aryl methyl sites for hydroxylation is 1. The highest BCUT2D eigenvalue weighted by Gasteiger charge is 2.39. The number of aromatic amines is 1. The van der Waals surface area contributed by atoms with Crippen molar-refractivity contribution in [1.82, 2.24) is 10.3 Å². The summed E-state index contributed by atoms with van der Waals surface area (Å²) in [6, 6.07) is 19.7. The van der Waals surface area contributed by atoms with Crippen LogP contribution in [0.5, 0.6) is 28.7 Å². The van der Waals surface area contributed by atoms with Crippen molar-refractivity contribution in [3.05, 3.63) is 100 Å². The van der Waals surface area contributed by atoms with E-state index >= 15 is 0 Å². The van der Waals surface area contributed by atoms with Crippen molar-refractivity contribution in [2.45, 2.75) is 50.2 Å². The van der Waals surface area contributed by atoms with E-state index in [0.29, 0.717) is 55.2 Å². The fourth-order valence-electron chi connectivity index (χ4n) is 7.62. The molecule has 0 unspecified atom stereocenters. The highest BCUT2D eigenvalue weighted by molar-refractivity contribution is 5.83. The Morgan fingerprint density at radius 1 is 0.940 bits per heavy atom. The summed E-state index contributed by atoms with van der Waals surface area (Å²) in [7, 11) is 3.35. The van der Waals surface area contributed by atoms with Crippen LogP contribution in [0.25, 0.3) is 22.0 Å². The Bertz CT molecular complexity index is 1990. The number of H-pyrrole nitrogens is 1. The van der Waals surface area contributed by atoms with Crippen LogP contribution in [0.1, 0.15) is 51.8 Å². The first-order valence-corrected chi connectivity index (χ1v) is 17.2. The van der Waals surface area contributed by atoms with Crippen LogP contribution in [0.4, 0.5) is 0 Å². The van der Waals surface area contributed by atoms with Gasteiger partial charge >= 0.3 is 0 Å². The molecule has 0 fully saturated rings. The zero-order valence-electron chi connectivity index (χ0n) is 28.4. The highest BCUT2D eigenvalue weighted by Crippen LogP contribution is 2.53. The molecule has 0 bridgehead atoms. The van der Waals surface area contributed by atoms with Gasteiger partial charge in [0.1, 0.15) is 30.0 Å². The largest absolute Gasteiger partial charge is 0.508 e. The Labute approximate surface area is 291 Å². The van der Waals surface area contributed by atoms with E-state index in [1.54, 1.807) is 12.1 Å². The van der Waals surface area contributed by atoms with Gasteiger partial charge in [0.25, 0.3) is 0 Å². The number of hydrogen-bond donors (Lipinski definition) is 6. The molecule has 0 amide bonds. The molecule has 6 N–H and O–H groups in total. The van der Waals surface area contributed by atoms with Gasteiger partial charge in [-0.05, 0) is 120 Å². The summed E-state index contributed by atoms with van der Waals surface area (Å²) in [6.45, 7) is 0.267. The third kappa shape index (κ3) is 6.47. The molecule has 1 aromatic heterocycles. The Kier molecular flexibility index (Phi) is 9.87. The van der Waals surface area contributed by atoms with Crippen LogP contribution >= 0.6 is 0 Å². The molecule has 0 spiro atoms. The maximum atomic E-state index is 10.9. The number of fused-ring (bicyclic) bond motifs is 6. The summed E-state index contributed by atoms with van der Waals surface area (Å²) in [6.07, 6.45) is 3.97. The van der Waals surface area contributed by atoms with Crippen LogP contribution in [0.3, 0.4) is 0 Å². The average molecular weight is 681 g/mol. The monoisotopic (exact) mass is 680 g/mol. The van der Waals surface area contributed by atoms with E-state index in [1.807, 2.05) is 37.5 Å². The molecule has 262 valence electrons. The molecule has 0 saturated carbocycles. The normalized spacial score (nSPS) is 17.9. The molecule has 4 aromatic carbocycles. The van der Waals surface area contributed by atoms with E-state index in [1.165, 1.54) is 12.7 Å². The molecule has 10 heteroatoms. The van der Waals surface area contributed by atoms with E-state index in [4.69, 9.17) is 18.9 Å². The number of ether oxygens (including phenoxy) is 4. The summed E-state index contributed by atoms with van der Waals surface area (Å²) >= 11 is 0. The Hall–Kier alpha value is -4.74. The first-order chi connectivity index (χ1) is 24.4. The lowest BCUT2D eigenvalue weighted by atomic mass is 9.73. The van der Waals surface area contributed by atoms with Crippen molar-refractivity contribution < 1.29 is 39.4 Å². The van der Waals surface area contributed by atoms with Gasteiger partial charge in [0.2, 0.25) is 0 Å². The lowest BCUT2D eigenvalue weighted by Crippen LogP contribution is -2.36. The molecular weight excluding hydrogens is 636 g/mol. The van der Waals surface area contributed by atoms with Crippen molar-refractivity contribution in [1.29, 1.82) is 0 Å². The number of methoxy groups -OCH3 is 1. The predicted molar refractivity (Wildman–Crippen MR) is 191 cm³/mol. The van der Waals surface area contributed by atoms with Crippen molar-refractivity contribution in [3.63, 3.8) is 0 Å². The summed E-state index contributed by atoms with van der Waals surface area (Å²) in [4.78, 5) is 3.27. The number of rotatable bonds is 13. The molecule has 10 nitrogen and oxygen atoms in total. The second-order valence-electron chi connectivity index (χ2n) is 13.1. The number of aliphatic hydroxyl groups is 2. The predicted octanol–water partition coefficient (Wildman–Crippen LogP) is 5.67. The van der Waals surface area contributed by atoms with Crippen LogP contribution in [-0.2, 0) is 30.4 Å². The minimum Gasteiger partial charge on any atom is -0.508 e. The van der Waals surface area contributed by atoms with E-state index < -0.39 is 6.10 Å². The van der Waals surface area contributed by atoms with E-state index in [0.717, 1.165) is 50.7 Å². The molecule has 1 aliphatic heterocycles. The van der Waals surface area contributed by atoms with Gasteiger partial charge in [-0.2, -0.15) is 0 Å². The molecule has 0 saturated heterocycles. The quantitative estimate of drug-likeness (QED) is 0.0867.